The Morgan fingerprint density at radius 2 is 1.79 bits per heavy atom. The molecule has 8 heteroatoms. The van der Waals surface area contributed by atoms with Crippen LogP contribution in [0.3, 0.4) is 0 Å². The topological polar surface area (TPSA) is 57.1 Å². The fourth-order valence-corrected chi connectivity index (χ4v) is 3.90. The molecule has 168 valence electrons. The van der Waals surface area contributed by atoms with Crippen molar-refractivity contribution in [1.29, 1.82) is 0 Å². The third kappa shape index (κ3) is 5.88. The number of hydrogen-bond donors (Lipinski definition) is 0. The Morgan fingerprint density at radius 1 is 1.00 bits per heavy atom. The maximum absolute atomic E-state index is 12.4. The summed E-state index contributed by atoms with van der Waals surface area (Å²) in [5, 5.41) is 1.13. The van der Waals surface area contributed by atoms with Gasteiger partial charge >= 0.3 is 5.97 Å². The van der Waals surface area contributed by atoms with Gasteiger partial charge in [-0.3, -0.25) is 0 Å². The van der Waals surface area contributed by atoms with Crippen LogP contribution in [0.1, 0.15) is 23.6 Å². The third-order valence-electron chi connectivity index (χ3n) is 4.66. The smallest absolute Gasteiger partial charge is 0.363 e. The van der Waals surface area contributed by atoms with Crippen molar-refractivity contribution in [3.8, 4) is 11.5 Å². The zero-order valence-corrected chi connectivity index (χ0v) is 21.1. The first-order chi connectivity index (χ1) is 15.9. The van der Waals surface area contributed by atoms with Gasteiger partial charge in [0.15, 0.2) is 17.2 Å². The molecule has 0 bridgehead atoms. The van der Waals surface area contributed by atoms with Crippen LogP contribution in [0.15, 0.2) is 71.4 Å². The van der Waals surface area contributed by atoms with Crippen molar-refractivity contribution < 1.29 is 19.0 Å². The Labute approximate surface area is 215 Å². The Hall–Kier alpha value is -2.55. The molecule has 0 saturated heterocycles. The second kappa shape index (κ2) is 10.6. The van der Waals surface area contributed by atoms with E-state index in [0.29, 0.717) is 40.3 Å². The summed E-state index contributed by atoms with van der Waals surface area (Å²) in [6, 6.07) is 18.3. The summed E-state index contributed by atoms with van der Waals surface area (Å²) in [6.45, 7) is 2.73. The molecular weight excluding hydrogens is 576 g/mol. The molecule has 0 fully saturated rings. The Kier molecular flexibility index (Phi) is 7.57. The van der Waals surface area contributed by atoms with Gasteiger partial charge in [-0.2, -0.15) is 0 Å². The highest BCUT2D eigenvalue weighted by atomic mass is 127. The lowest BCUT2D eigenvalue weighted by molar-refractivity contribution is -0.129. The van der Waals surface area contributed by atoms with Gasteiger partial charge in [0.2, 0.25) is 5.90 Å². The molecule has 0 saturated carbocycles. The van der Waals surface area contributed by atoms with Crippen molar-refractivity contribution in [2.45, 2.75) is 13.5 Å². The van der Waals surface area contributed by atoms with E-state index in [2.05, 4.69) is 27.6 Å². The van der Waals surface area contributed by atoms with E-state index in [-0.39, 0.29) is 11.6 Å². The first-order valence-electron chi connectivity index (χ1n) is 10.0. The van der Waals surface area contributed by atoms with Crippen molar-refractivity contribution in [3.05, 3.63) is 96.7 Å². The lowest BCUT2D eigenvalue weighted by Crippen LogP contribution is -2.06. The Bertz CT molecular complexity index is 1260. The predicted molar refractivity (Wildman–Crippen MR) is 138 cm³/mol. The zero-order valence-electron chi connectivity index (χ0n) is 17.5. The number of cyclic esters (lactones) is 1. The molecule has 4 rings (SSSR count). The average Bonchev–Trinajstić information content (AvgIpc) is 3.16. The third-order valence-corrected chi connectivity index (χ3v) is 5.91. The zero-order chi connectivity index (χ0) is 23.4. The summed E-state index contributed by atoms with van der Waals surface area (Å²) in [4.78, 5) is 16.8. The highest BCUT2D eigenvalue weighted by Crippen LogP contribution is 2.31. The Morgan fingerprint density at radius 3 is 2.55 bits per heavy atom. The van der Waals surface area contributed by atoms with Gasteiger partial charge in [-0.15, -0.1) is 0 Å². The molecule has 0 aliphatic carbocycles. The van der Waals surface area contributed by atoms with Crippen LogP contribution in [0.2, 0.25) is 10.0 Å². The molecule has 0 radical (unpaired) electrons. The number of aliphatic imine (C=N–C) groups is 1. The van der Waals surface area contributed by atoms with Crippen LogP contribution in [-0.2, 0) is 16.1 Å². The molecule has 0 amide bonds. The molecule has 0 atom stereocenters. The summed E-state index contributed by atoms with van der Waals surface area (Å²) >= 11 is 14.4. The molecule has 1 aliphatic heterocycles. The average molecular weight is 594 g/mol. The lowest BCUT2D eigenvalue weighted by Gasteiger charge is -2.13. The van der Waals surface area contributed by atoms with Crippen LogP contribution in [0, 0.1) is 3.57 Å². The largest absolute Gasteiger partial charge is 0.490 e. The van der Waals surface area contributed by atoms with Gasteiger partial charge in [0.05, 0.1) is 17.2 Å². The van der Waals surface area contributed by atoms with Gasteiger partial charge in [-0.05, 0) is 89.2 Å². The fraction of sp³-hybridized carbons (Fsp3) is 0.120. The van der Waals surface area contributed by atoms with E-state index in [1.807, 2.05) is 49.4 Å². The number of rotatable bonds is 7. The second-order valence-corrected chi connectivity index (χ2v) is 9.10. The summed E-state index contributed by atoms with van der Waals surface area (Å²) in [5.41, 5.74) is 2.46. The monoisotopic (exact) mass is 593 g/mol. The SMILES string of the molecule is CCOc1cc(/C=C2\N=C(c3cc(I)ccc3Cl)OC2=O)ccc1OCc1ccc(Cl)cc1. The van der Waals surface area contributed by atoms with Crippen LogP contribution >= 0.6 is 45.8 Å². The minimum absolute atomic E-state index is 0.178. The number of halogens is 3. The molecule has 1 aliphatic rings. The molecule has 0 N–H and O–H groups in total. The van der Waals surface area contributed by atoms with E-state index in [1.165, 1.54) is 0 Å². The molecule has 33 heavy (non-hydrogen) atoms. The number of hydrogen-bond acceptors (Lipinski definition) is 5. The van der Waals surface area contributed by atoms with E-state index in [0.717, 1.165) is 14.7 Å². The highest BCUT2D eigenvalue weighted by Gasteiger charge is 2.26. The molecule has 0 spiro atoms. The van der Waals surface area contributed by atoms with Crippen LogP contribution in [0.5, 0.6) is 11.5 Å². The van der Waals surface area contributed by atoms with E-state index < -0.39 is 5.97 Å². The summed E-state index contributed by atoms with van der Waals surface area (Å²) < 4.78 is 18.0. The highest BCUT2D eigenvalue weighted by molar-refractivity contribution is 14.1. The maximum Gasteiger partial charge on any atom is 0.363 e. The number of carbonyl (C=O) groups is 1. The molecule has 3 aromatic rings. The van der Waals surface area contributed by atoms with E-state index in [4.69, 9.17) is 37.4 Å². The van der Waals surface area contributed by atoms with Gasteiger partial charge in [0, 0.05) is 8.59 Å². The number of ether oxygens (including phenoxy) is 3. The number of carbonyl (C=O) groups excluding carboxylic acids is 1. The number of nitrogens with zero attached hydrogens (tertiary/aromatic N) is 1. The minimum atomic E-state index is -0.541. The quantitative estimate of drug-likeness (QED) is 0.169. The molecule has 5 nitrogen and oxygen atoms in total. The molecule has 1 heterocycles. The van der Waals surface area contributed by atoms with Gasteiger partial charge in [-0.25, -0.2) is 9.79 Å². The second-order valence-electron chi connectivity index (χ2n) is 7.01. The maximum atomic E-state index is 12.4. The molecule has 0 unspecified atom stereocenters. The van der Waals surface area contributed by atoms with Crippen molar-refractivity contribution in [1.82, 2.24) is 0 Å². The standard InChI is InChI=1S/C25H18Cl2INO4/c1-2-31-23-12-16(5-10-22(23)32-14-15-3-6-17(26)7-4-15)11-21-25(30)33-24(29-21)19-13-18(28)8-9-20(19)27/h3-13H,2,14H2,1H3/b21-11-. The summed E-state index contributed by atoms with van der Waals surface area (Å²) in [5.74, 6) is 0.804. The van der Waals surface area contributed by atoms with Gasteiger partial charge in [0.25, 0.3) is 0 Å². The fourth-order valence-electron chi connectivity index (χ4n) is 3.09. The van der Waals surface area contributed by atoms with Crippen LogP contribution in [0.25, 0.3) is 6.08 Å². The first kappa shape index (κ1) is 23.6. The van der Waals surface area contributed by atoms with E-state index >= 15 is 0 Å². The summed E-state index contributed by atoms with van der Waals surface area (Å²) in [6.07, 6.45) is 1.64. The first-order valence-corrected chi connectivity index (χ1v) is 11.9. The van der Waals surface area contributed by atoms with Gasteiger partial charge < -0.3 is 14.2 Å². The van der Waals surface area contributed by atoms with Crippen LogP contribution < -0.4 is 9.47 Å². The predicted octanol–water partition coefficient (Wildman–Crippen LogP) is 6.92. The lowest BCUT2D eigenvalue weighted by atomic mass is 10.1. The van der Waals surface area contributed by atoms with Gasteiger partial charge in [-0.1, -0.05) is 41.4 Å². The summed E-state index contributed by atoms with van der Waals surface area (Å²) in [7, 11) is 0. The van der Waals surface area contributed by atoms with Crippen molar-refractivity contribution in [2.24, 2.45) is 4.99 Å². The normalized spacial score (nSPS) is 14.2. The van der Waals surface area contributed by atoms with Crippen LogP contribution in [0.4, 0.5) is 0 Å². The molecule has 0 aromatic heterocycles. The Balaban J connectivity index is 1.57. The minimum Gasteiger partial charge on any atom is -0.490 e. The van der Waals surface area contributed by atoms with E-state index in [9.17, 15) is 4.79 Å². The van der Waals surface area contributed by atoms with Gasteiger partial charge in [0.1, 0.15) is 6.61 Å². The number of benzene rings is 3. The molecule has 3 aromatic carbocycles. The molecular formula is C25H18Cl2INO4. The van der Waals surface area contributed by atoms with Crippen molar-refractivity contribution in [2.75, 3.05) is 6.61 Å². The van der Waals surface area contributed by atoms with Crippen molar-refractivity contribution in [3.63, 3.8) is 0 Å². The van der Waals surface area contributed by atoms with Crippen LogP contribution in [-0.4, -0.2) is 18.5 Å². The number of esters is 1. The van der Waals surface area contributed by atoms with Crippen molar-refractivity contribution >= 4 is 63.7 Å². The van der Waals surface area contributed by atoms with E-state index in [1.54, 1.807) is 24.3 Å².